The molecule has 49 heavy (non-hydrogen) atoms. The second-order valence-corrected chi connectivity index (χ2v) is 12.6. The lowest BCUT2D eigenvalue weighted by Gasteiger charge is -2.35. The van der Waals surface area contributed by atoms with Gasteiger partial charge >= 0.3 is 12.1 Å². The Balaban J connectivity index is 1.30. The molecule has 0 spiro atoms. The van der Waals surface area contributed by atoms with Gasteiger partial charge in [0.05, 0.1) is 12.1 Å². The number of ether oxygens (including phenoxy) is 2. The molecule has 2 atom stereocenters. The van der Waals surface area contributed by atoms with Crippen LogP contribution in [-0.2, 0) is 23.9 Å². The standard InChI is InChI=1S/C34H44N6O9/c1-3-48-34(47)39-17-15-38(16-18-39)32(45)24(10-11-30(42)43)36-31(44)26-20-28(23-9-8-22(2)19-25(23)35-26)49-21-29(41)40-14-6-7-27(40)33(46)37-12-4-5-13-37/h8-9,19-20,24,27H,3-7,10-18,21H2,1-2H3,(H,36,44)(H,42,43)/t24-,27-/m0/s1. The van der Waals surface area contributed by atoms with Gasteiger partial charge in [0.25, 0.3) is 11.8 Å². The Morgan fingerprint density at radius 1 is 0.939 bits per heavy atom. The van der Waals surface area contributed by atoms with Gasteiger partial charge in [-0.25, -0.2) is 9.78 Å². The molecule has 15 heteroatoms. The molecule has 3 saturated heterocycles. The lowest BCUT2D eigenvalue weighted by Crippen LogP contribution is -2.56. The lowest BCUT2D eigenvalue weighted by molar-refractivity contribution is -0.144. The molecule has 5 rings (SSSR count). The first-order valence-electron chi connectivity index (χ1n) is 16.9. The van der Waals surface area contributed by atoms with E-state index in [1.807, 2.05) is 17.9 Å². The third kappa shape index (κ3) is 8.56. The van der Waals surface area contributed by atoms with Crippen LogP contribution in [0.25, 0.3) is 10.9 Å². The summed E-state index contributed by atoms with van der Waals surface area (Å²) in [4.78, 5) is 88.0. The van der Waals surface area contributed by atoms with Crippen LogP contribution in [0.1, 0.15) is 61.5 Å². The highest BCUT2D eigenvalue weighted by atomic mass is 16.6. The topological polar surface area (TPSA) is 179 Å². The van der Waals surface area contributed by atoms with Gasteiger partial charge in [-0.15, -0.1) is 0 Å². The van der Waals surface area contributed by atoms with E-state index in [-0.39, 0.29) is 75.5 Å². The van der Waals surface area contributed by atoms with E-state index in [1.54, 1.807) is 24.0 Å². The number of rotatable bonds is 11. The zero-order valence-electron chi connectivity index (χ0n) is 28.0. The predicted octanol–water partition coefficient (Wildman–Crippen LogP) is 1.80. The lowest BCUT2D eigenvalue weighted by atomic mass is 10.1. The SMILES string of the molecule is CCOC(=O)N1CCN(C(=O)[C@H](CCC(=O)O)NC(=O)c2cc(OCC(=O)N3CCC[C@H]3C(=O)N3CCCC3)c3ccc(C)cc3n2)CC1. The van der Waals surface area contributed by atoms with Crippen molar-refractivity contribution < 1.29 is 43.3 Å². The number of amides is 5. The molecule has 3 fully saturated rings. The summed E-state index contributed by atoms with van der Waals surface area (Å²) in [6.45, 7) is 6.17. The number of likely N-dealkylation sites (tertiary alicyclic amines) is 2. The number of carboxylic acids is 1. The molecule has 2 aromatic rings. The smallest absolute Gasteiger partial charge is 0.409 e. The number of nitrogens with zero attached hydrogens (tertiary/aromatic N) is 5. The van der Waals surface area contributed by atoms with Crippen LogP contribution in [0, 0.1) is 6.92 Å². The Morgan fingerprint density at radius 3 is 2.35 bits per heavy atom. The van der Waals surface area contributed by atoms with Crippen molar-refractivity contribution in [1.82, 2.24) is 29.9 Å². The van der Waals surface area contributed by atoms with Gasteiger partial charge in [0.15, 0.2) is 6.61 Å². The molecule has 0 radical (unpaired) electrons. The number of hydrogen-bond acceptors (Lipinski definition) is 9. The highest BCUT2D eigenvalue weighted by molar-refractivity contribution is 5.99. The summed E-state index contributed by atoms with van der Waals surface area (Å²) in [6.07, 6.45) is 2.25. The minimum Gasteiger partial charge on any atom is -0.483 e. The summed E-state index contributed by atoms with van der Waals surface area (Å²) in [5, 5.41) is 12.6. The van der Waals surface area contributed by atoms with Crippen LogP contribution < -0.4 is 10.1 Å². The van der Waals surface area contributed by atoms with Crippen molar-refractivity contribution in [1.29, 1.82) is 0 Å². The molecule has 264 valence electrons. The molecule has 3 aliphatic rings. The van der Waals surface area contributed by atoms with E-state index in [1.165, 1.54) is 15.9 Å². The number of carboxylic acid groups (broad SMARTS) is 1. The number of aliphatic carboxylic acids is 1. The number of fused-ring (bicyclic) bond motifs is 1. The van der Waals surface area contributed by atoms with Crippen LogP contribution in [-0.4, -0.2) is 136 Å². The van der Waals surface area contributed by atoms with Crippen LogP contribution in [0.4, 0.5) is 4.79 Å². The fourth-order valence-electron chi connectivity index (χ4n) is 6.54. The molecule has 5 amide bonds. The molecular formula is C34H44N6O9. The predicted molar refractivity (Wildman–Crippen MR) is 176 cm³/mol. The van der Waals surface area contributed by atoms with Gasteiger partial charge in [0.2, 0.25) is 11.8 Å². The molecule has 0 bridgehead atoms. The van der Waals surface area contributed by atoms with Crippen molar-refractivity contribution in [3.05, 3.63) is 35.5 Å². The van der Waals surface area contributed by atoms with Gasteiger partial charge in [-0.2, -0.15) is 0 Å². The van der Waals surface area contributed by atoms with Crippen LogP contribution >= 0.6 is 0 Å². The minimum atomic E-state index is -1.17. The Morgan fingerprint density at radius 2 is 1.65 bits per heavy atom. The maximum atomic E-state index is 13.6. The van der Waals surface area contributed by atoms with Gasteiger partial charge in [-0.1, -0.05) is 6.07 Å². The largest absolute Gasteiger partial charge is 0.483 e. The van der Waals surface area contributed by atoms with Crippen molar-refractivity contribution in [3.63, 3.8) is 0 Å². The molecule has 2 N–H and O–H groups in total. The van der Waals surface area contributed by atoms with E-state index < -0.39 is 36.0 Å². The molecule has 1 aromatic carbocycles. The summed E-state index contributed by atoms with van der Waals surface area (Å²) < 4.78 is 11.1. The number of aryl methyl sites for hydroxylation is 1. The highest BCUT2D eigenvalue weighted by Gasteiger charge is 2.37. The Kier molecular flexibility index (Phi) is 11.5. The third-order valence-electron chi connectivity index (χ3n) is 9.15. The van der Waals surface area contributed by atoms with E-state index in [2.05, 4.69) is 10.3 Å². The molecule has 0 saturated carbocycles. The number of pyridine rings is 1. The average molecular weight is 681 g/mol. The Bertz CT molecular complexity index is 1590. The van der Waals surface area contributed by atoms with Crippen molar-refractivity contribution in [2.24, 2.45) is 0 Å². The number of carbonyl (C=O) groups excluding carboxylic acids is 5. The van der Waals surface area contributed by atoms with Crippen molar-refractivity contribution in [3.8, 4) is 5.75 Å². The molecule has 15 nitrogen and oxygen atoms in total. The van der Waals surface area contributed by atoms with E-state index >= 15 is 0 Å². The normalized spacial score (nSPS) is 18.4. The number of hydrogen-bond donors (Lipinski definition) is 2. The molecular weight excluding hydrogens is 636 g/mol. The second-order valence-electron chi connectivity index (χ2n) is 12.6. The van der Waals surface area contributed by atoms with Gasteiger partial charge in [0.1, 0.15) is 23.5 Å². The van der Waals surface area contributed by atoms with Crippen molar-refractivity contribution in [2.45, 2.75) is 64.5 Å². The van der Waals surface area contributed by atoms with Gasteiger partial charge < -0.3 is 39.5 Å². The van der Waals surface area contributed by atoms with Crippen LogP contribution in [0.5, 0.6) is 5.75 Å². The second kappa shape index (κ2) is 16.0. The third-order valence-corrected chi connectivity index (χ3v) is 9.15. The zero-order valence-corrected chi connectivity index (χ0v) is 28.0. The summed E-state index contributed by atoms with van der Waals surface area (Å²) in [6, 6.07) is 5.12. The Labute approximate surface area is 284 Å². The summed E-state index contributed by atoms with van der Waals surface area (Å²) in [5.74, 6) is -2.44. The minimum absolute atomic E-state index is 0.0278. The maximum absolute atomic E-state index is 13.6. The summed E-state index contributed by atoms with van der Waals surface area (Å²) in [7, 11) is 0. The van der Waals surface area contributed by atoms with Gasteiger partial charge in [-0.3, -0.25) is 24.0 Å². The summed E-state index contributed by atoms with van der Waals surface area (Å²) >= 11 is 0. The van der Waals surface area contributed by atoms with E-state index in [0.29, 0.717) is 37.0 Å². The van der Waals surface area contributed by atoms with Crippen molar-refractivity contribution in [2.75, 3.05) is 59.0 Å². The molecule has 1 aromatic heterocycles. The number of piperazine rings is 1. The van der Waals surface area contributed by atoms with E-state index in [9.17, 15) is 33.9 Å². The fourth-order valence-corrected chi connectivity index (χ4v) is 6.54. The fraction of sp³-hybridized carbons (Fsp3) is 0.559. The molecule has 4 heterocycles. The average Bonchev–Trinajstić information content (AvgIpc) is 3.81. The monoisotopic (exact) mass is 680 g/mol. The highest BCUT2D eigenvalue weighted by Crippen LogP contribution is 2.28. The Hall–Kier alpha value is -4.95. The first-order valence-corrected chi connectivity index (χ1v) is 16.9. The van der Waals surface area contributed by atoms with Gasteiger partial charge in [0, 0.05) is 63.7 Å². The van der Waals surface area contributed by atoms with Crippen LogP contribution in [0.3, 0.4) is 0 Å². The van der Waals surface area contributed by atoms with Crippen LogP contribution in [0.2, 0.25) is 0 Å². The number of aromatic nitrogens is 1. The maximum Gasteiger partial charge on any atom is 0.409 e. The molecule has 0 unspecified atom stereocenters. The quantitative estimate of drug-likeness (QED) is 0.356. The number of carbonyl (C=O) groups is 6. The number of benzene rings is 1. The van der Waals surface area contributed by atoms with E-state index in [0.717, 1.165) is 24.8 Å². The molecule has 0 aliphatic carbocycles. The first kappa shape index (κ1) is 35.4. The van der Waals surface area contributed by atoms with Crippen molar-refractivity contribution >= 4 is 46.6 Å². The summed E-state index contributed by atoms with van der Waals surface area (Å²) in [5.41, 5.74) is 1.22. The van der Waals surface area contributed by atoms with Gasteiger partial charge in [-0.05, 0) is 63.6 Å². The first-order chi connectivity index (χ1) is 23.5. The van der Waals surface area contributed by atoms with E-state index in [4.69, 9.17) is 9.47 Å². The number of nitrogens with one attached hydrogen (secondary N) is 1. The van der Waals surface area contributed by atoms with Crippen LogP contribution in [0.15, 0.2) is 24.3 Å². The molecule has 3 aliphatic heterocycles. The zero-order chi connectivity index (χ0) is 35.1.